The van der Waals surface area contributed by atoms with Gasteiger partial charge in [-0.15, -0.1) is 11.3 Å². The lowest BCUT2D eigenvalue weighted by molar-refractivity contribution is 0.133. The van der Waals surface area contributed by atoms with Gasteiger partial charge < -0.3 is 15.0 Å². The Morgan fingerprint density at radius 2 is 2.27 bits per heavy atom. The molecule has 3 rings (SSSR count). The molecule has 2 fully saturated rings. The number of aromatic nitrogens is 1. The third-order valence-corrected chi connectivity index (χ3v) is 5.10. The molecule has 122 valence electrons. The summed E-state index contributed by atoms with van der Waals surface area (Å²) in [4.78, 5) is 21.0. The van der Waals surface area contributed by atoms with Crippen molar-refractivity contribution in [2.24, 2.45) is 5.92 Å². The lowest BCUT2D eigenvalue weighted by Crippen LogP contribution is -2.52. The van der Waals surface area contributed by atoms with Crippen LogP contribution >= 0.6 is 11.3 Å². The van der Waals surface area contributed by atoms with Crippen molar-refractivity contribution < 1.29 is 9.53 Å². The molecule has 0 radical (unpaired) electrons. The predicted molar refractivity (Wildman–Crippen MR) is 86.0 cm³/mol. The van der Waals surface area contributed by atoms with Crippen molar-refractivity contribution in [3.8, 4) is 0 Å². The van der Waals surface area contributed by atoms with Crippen LogP contribution in [0.25, 0.3) is 0 Å². The highest BCUT2D eigenvalue weighted by Gasteiger charge is 2.23. The molecule has 0 unspecified atom stereocenters. The summed E-state index contributed by atoms with van der Waals surface area (Å²) in [7, 11) is 0. The van der Waals surface area contributed by atoms with Gasteiger partial charge in [-0.25, -0.2) is 9.78 Å². The van der Waals surface area contributed by atoms with Gasteiger partial charge in [0, 0.05) is 57.2 Å². The van der Waals surface area contributed by atoms with Crippen molar-refractivity contribution in [3.05, 3.63) is 16.1 Å². The third-order valence-electron chi connectivity index (χ3n) is 4.28. The summed E-state index contributed by atoms with van der Waals surface area (Å²) in [6.07, 6.45) is 1.06. The number of carbonyl (C=O) groups excluding carboxylic acids is 1. The van der Waals surface area contributed by atoms with Crippen molar-refractivity contribution in [1.82, 2.24) is 20.1 Å². The number of amides is 2. The largest absolute Gasteiger partial charge is 0.381 e. The van der Waals surface area contributed by atoms with Gasteiger partial charge in [-0.05, 0) is 13.3 Å². The lowest BCUT2D eigenvalue weighted by atomic mass is 10.1. The van der Waals surface area contributed by atoms with Crippen molar-refractivity contribution in [1.29, 1.82) is 0 Å². The number of aryl methyl sites for hydroxylation is 1. The third kappa shape index (κ3) is 4.18. The van der Waals surface area contributed by atoms with E-state index in [4.69, 9.17) is 4.74 Å². The lowest BCUT2D eigenvalue weighted by Gasteiger charge is -2.34. The van der Waals surface area contributed by atoms with E-state index in [1.807, 2.05) is 11.8 Å². The fourth-order valence-electron chi connectivity index (χ4n) is 2.91. The Kier molecular flexibility index (Phi) is 5.28. The molecule has 0 spiro atoms. The van der Waals surface area contributed by atoms with Crippen molar-refractivity contribution in [2.75, 3.05) is 45.9 Å². The van der Waals surface area contributed by atoms with Crippen LogP contribution in [0.3, 0.4) is 0 Å². The molecule has 1 aromatic heterocycles. The van der Waals surface area contributed by atoms with Crippen LogP contribution in [0.4, 0.5) is 4.79 Å². The van der Waals surface area contributed by atoms with Crippen LogP contribution in [0.2, 0.25) is 0 Å². The highest BCUT2D eigenvalue weighted by atomic mass is 32.1. The maximum atomic E-state index is 12.2. The van der Waals surface area contributed by atoms with E-state index in [9.17, 15) is 4.79 Å². The van der Waals surface area contributed by atoms with E-state index in [1.165, 1.54) is 0 Å². The smallest absolute Gasteiger partial charge is 0.317 e. The maximum absolute atomic E-state index is 12.2. The minimum Gasteiger partial charge on any atom is -0.381 e. The molecule has 1 N–H and O–H groups in total. The van der Waals surface area contributed by atoms with Crippen LogP contribution in [0.5, 0.6) is 0 Å². The molecule has 0 aliphatic carbocycles. The van der Waals surface area contributed by atoms with E-state index in [0.717, 1.165) is 69.6 Å². The number of nitrogens with one attached hydrogen (secondary N) is 1. The molecule has 0 aromatic carbocycles. The summed E-state index contributed by atoms with van der Waals surface area (Å²) in [5, 5.41) is 6.28. The molecule has 6 nitrogen and oxygen atoms in total. The van der Waals surface area contributed by atoms with E-state index < -0.39 is 0 Å². The van der Waals surface area contributed by atoms with Gasteiger partial charge in [0.2, 0.25) is 0 Å². The Morgan fingerprint density at radius 1 is 1.45 bits per heavy atom. The zero-order valence-corrected chi connectivity index (χ0v) is 13.9. The van der Waals surface area contributed by atoms with Gasteiger partial charge in [-0.1, -0.05) is 0 Å². The SMILES string of the molecule is Cc1nc(CN2CCN(C(=O)NC[C@H]3CCOC3)CC2)cs1. The summed E-state index contributed by atoms with van der Waals surface area (Å²) in [6.45, 7) is 8.66. The van der Waals surface area contributed by atoms with Crippen molar-refractivity contribution in [3.63, 3.8) is 0 Å². The molecule has 3 heterocycles. The van der Waals surface area contributed by atoms with Crippen LogP contribution in [0.15, 0.2) is 5.38 Å². The predicted octanol–water partition coefficient (Wildman–Crippen LogP) is 1.32. The molecule has 2 aliphatic heterocycles. The topological polar surface area (TPSA) is 57.7 Å². The molecule has 0 saturated carbocycles. The van der Waals surface area contributed by atoms with Crippen LogP contribution < -0.4 is 5.32 Å². The van der Waals surface area contributed by atoms with Crippen molar-refractivity contribution in [2.45, 2.75) is 19.9 Å². The molecule has 1 aromatic rings. The highest BCUT2D eigenvalue weighted by Crippen LogP contribution is 2.13. The number of hydrogen-bond acceptors (Lipinski definition) is 5. The molecule has 2 aliphatic rings. The molecular weight excluding hydrogens is 300 g/mol. The molecule has 2 amide bonds. The number of thiazole rings is 1. The Labute approximate surface area is 135 Å². The molecular formula is C15H24N4O2S. The zero-order chi connectivity index (χ0) is 15.4. The van der Waals surface area contributed by atoms with E-state index in [1.54, 1.807) is 11.3 Å². The van der Waals surface area contributed by atoms with Crippen LogP contribution in [-0.2, 0) is 11.3 Å². The summed E-state index contributed by atoms with van der Waals surface area (Å²) in [5.41, 5.74) is 1.14. The standard InChI is InChI=1S/C15H24N4O2S/c1-12-17-14(11-22-12)9-18-3-5-19(6-4-18)15(20)16-8-13-2-7-21-10-13/h11,13H,2-10H2,1H3,(H,16,20)/t13-/m1/s1. The van der Waals surface area contributed by atoms with Gasteiger partial charge in [0.1, 0.15) is 0 Å². The summed E-state index contributed by atoms with van der Waals surface area (Å²) in [5.74, 6) is 0.484. The van der Waals surface area contributed by atoms with Gasteiger partial charge >= 0.3 is 6.03 Å². The van der Waals surface area contributed by atoms with Gasteiger partial charge in [0.15, 0.2) is 0 Å². The molecule has 2 saturated heterocycles. The zero-order valence-electron chi connectivity index (χ0n) is 13.1. The van der Waals surface area contributed by atoms with Crippen LogP contribution in [0.1, 0.15) is 17.1 Å². The fourth-order valence-corrected chi connectivity index (χ4v) is 3.51. The molecule has 1 atom stereocenters. The summed E-state index contributed by atoms with van der Waals surface area (Å²) < 4.78 is 5.33. The highest BCUT2D eigenvalue weighted by molar-refractivity contribution is 7.09. The number of nitrogens with zero attached hydrogens (tertiary/aromatic N) is 3. The quantitative estimate of drug-likeness (QED) is 0.907. The first kappa shape index (κ1) is 15.7. The average molecular weight is 324 g/mol. The number of hydrogen-bond donors (Lipinski definition) is 1. The number of ether oxygens (including phenoxy) is 1. The van der Waals surface area contributed by atoms with E-state index in [2.05, 4.69) is 20.6 Å². The molecule has 7 heteroatoms. The fraction of sp³-hybridized carbons (Fsp3) is 0.733. The van der Waals surface area contributed by atoms with Gasteiger partial charge in [0.25, 0.3) is 0 Å². The first-order chi connectivity index (χ1) is 10.7. The second-order valence-corrected chi connectivity index (χ2v) is 7.10. The summed E-state index contributed by atoms with van der Waals surface area (Å²) in [6, 6.07) is 0.0658. The second-order valence-electron chi connectivity index (χ2n) is 6.04. The Balaban J connectivity index is 1.38. The second kappa shape index (κ2) is 7.39. The van der Waals surface area contributed by atoms with Crippen molar-refractivity contribution >= 4 is 17.4 Å². The maximum Gasteiger partial charge on any atom is 0.317 e. The van der Waals surface area contributed by atoms with E-state index >= 15 is 0 Å². The van der Waals surface area contributed by atoms with E-state index in [-0.39, 0.29) is 6.03 Å². The van der Waals surface area contributed by atoms with Gasteiger partial charge in [-0.3, -0.25) is 4.90 Å². The average Bonchev–Trinajstić information content (AvgIpc) is 3.17. The minimum absolute atomic E-state index is 0.0658. The molecule has 0 bridgehead atoms. The number of urea groups is 1. The van der Waals surface area contributed by atoms with Gasteiger partial charge in [-0.2, -0.15) is 0 Å². The first-order valence-electron chi connectivity index (χ1n) is 7.94. The Hall–Kier alpha value is -1.18. The number of piperazine rings is 1. The number of rotatable bonds is 4. The Morgan fingerprint density at radius 3 is 2.91 bits per heavy atom. The normalized spacial score (nSPS) is 23.0. The monoisotopic (exact) mass is 324 g/mol. The van der Waals surface area contributed by atoms with Gasteiger partial charge in [0.05, 0.1) is 17.3 Å². The summed E-state index contributed by atoms with van der Waals surface area (Å²) >= 11 is 1.69. The van der Waals surface area contributed by atoms with E-state index in [0.29, 0.717) is 5.92 Å². The van der Waals surface area contributed by atoms with Crippen LogP contribution in [0, 0.1) is 12.8 Å². The number of carbonyl (C=O) groups is 1. The minimum atomic E-state index is 0.0658. The first-order valence-corrected chi connectivity index (χ1v) is 8.82. The van der Waals surface area contributed by atoms with Crippen LogP contribution in [-0.4, -0.2) is 66.8 Å². The molecule has 22 heavy (non-hydrogen) atoms. The Bertz CT molecular complexity index is 493.